The number of nitrogens with one attached hydrogen (secondary N) is 2. The van der Waals surface area contributed by atoms with Gasteiger partial charge in [0.15, 0.2) is 5.96 Å². The molecular formula is C23H32N4O3. The third-order valence-electron chi connectivity index (χ3n) is 4.94. The maximum Gasteiger partial charge on any atom is 0.191 e. The lowest BCUT2D eigenvalue weighted by Crippen LogP contribution is -2.38. The molecule has 1 saturated heterocycles. The molecular weight excluding hydrogens is 380 g/mol. The fourth-order valence-corrected chi connectivity index (χ4v) is 3.20. The van der Waals surface area contributed by atoms with Crippen LogP contribution in [0.25, 0.3) is 0 Å². The average molecular weight is 413 g/mol. The van der Waals surface area contributed by atoms with E-state index in [2.05, 4.69) is 44.8 Å². The number of methoxy groups -OCH3 is 1. The van der Waals surface area contributed by atoms with Crippen LogP contribution in [-0.4, -0.2) is 64.5 Å². The zero-order chi connectivity index (χ0) is 21.0. The third kappa shape index (κ3) is 7.24. The molecule has 0 bridgehead atoms. The molecule has 7 nitrogen and oxygen atoms in total. The lowest BCUT2D eigenvalue weighted by atomic mass is 10.1. The van der Waals surface area contributed by atoms with E-state index in [4.69, 9.17) is 14.2 Å². The van der Waals surface area contributed by atoms with E-state index in [0.717, 1.165) is 56.9 Å². The van der Waals surface area contributed by atoms with Crippen LogP contribution in [0.5, 0.6) is 11.5 Å². The molecule has 0 unspecified atom stereocenters. The molecule has 1 aliphatic rings. The Bertz CT molecular complexity index is 772. The molecule has 0 radical (unpaired) electrons. The van der Waals surface area contributed by atoms with Crippen molar-refractivity contribution in [3.63, 3.8) is 0 Å². The summed E-state index contributed by atoms with van der Waals surface area (Å²) in [5.74, 6) is 2.39. The van der Waals surface area contributed by atoms with Crippen molar-refractivity contribution >= 4 is 5.96 Å². The van der Waals surface area contributed by atoms with Crippen LogP contribution in [0, 0.1) is 0 Å². The summed E-state index contributed by atoms with van der Waals surface area (Å²) in [6.07, 6.45) is 0. The summed E-state index contributed by atoms with van der Waals surface area (Å²) in [5.41, 5.74) is 2.55. The summed E-state index contributed by atoms with van der Waals surface area (Å²) in [4.78, 5) is 6.70. The van der Waals surface area contributed by atoms with Gasteiger partial charge in [0, 0.05) is 33.2 Å². The molecule has 0 aromatic heterocycles. The molecule has 7 heteroatoms. The summed E-state index contributed by atoms with van der Waals surface area (Å²) in [6, 6.07) is 16.3. The Hall–Kier alpha value is -2.77. The van der Waals surface area contributed by atoms with Crippen molar-refractivity contribution in [2.24, 2.45) is 4.99 Å². The normalized spacial score (nSPS) is 14.9. The molecule has 0 aliphatic carbocycles. The minimum absolute atomic E-state index is 0.545. The van der Waals surface area contributed by atoms with Crippen molar-refractivity contribution in [2.75, 3.05) is 53.6 Å². The Morgan fingerprint density at radius 3 is 2.30 bits per heavy atom. The molecule has 0 atom stereocenters. The molecule has 30 heavy (non-hydrogen) atoms. The highest BCUT2D eigenvalue weighted by molar-refractivity contribution is 5.79. The number of ether oxygens (including phenoxy) is 3. The van der Waals surface area contributed by atoms with Gasteiger partial charge in [0.05, 0.1) is 26.9 Å². The van der Waals surface area contributed by atoms with Gasteiger partial charge in [-0.05, 0) is 35.4 Å². The number of aliphatic imine (C=N–C) groups is 1. The van der Waals surface area contributed by atoms with Gasteiger partial charge < -0.3 is 24.8 Å². The van der Waals surface area contributed by atoms with E-state index in [0.29, 0.717) is 13.2 Å². The average Bonchev–Trinajstić information content (AvgIpc) is 2.80. The zero-order valence-electron chi connectivity index (χ0n) is 17.9. The largest absolute Gasteiger partial charge is 0.497 e. The van der Waals surface area contributed by atoms with E-state index in [1.165, 1.54) is 11.1 Å². The van der Waals surface area contributed by atoms with Crippen LogP contribution in [0.3, 0.4) is 0 Å². The second-order valence-corrected chi connectivity index (χ2v) is 7.08. The molecule has 1 fully saturated rings. The molecule has 2 aromatic carbocycles. The second-order valence-electron chi connectivity index (χ2n) is 7.08. The smallest absolute Gasteiger partial charge is 0.191 e. The number of hydrogen-bond acceptors (Lipinski definition) is 5. The number of hydrogen-bond donors (Lipinski definition) is 2. The zero-order valence-corrected chi connectivity index (χ0v) is 17.9. The Balaban J connectivity index is 1.35. The van der Waals surface area contributed by atoms with Gasteiger partial charge in [0.1, 0.15) is 18.1 Å². The first-order valence-corrected chi connectivity index (χ1v) is 10.4. The predicted molar refractivity (Wildman–Crippen MR) is 119 cm³/mol. The molecule has 2 N–H and O–H groups in total. The van der Waals surface area contributed by atoms with E-state index < -0.39 is 0 Å². The maximum absolute atomic E-state index is 5.73. The van der Waals surface area contributed by atoms with E-state index >= 15 is 0 Å². The fourth-order valence-electron chi connectivity index (χ4n) is 3.20. The van der Waals surface area contributed by atoms with Crippen molar-refractivity contribution < 1.29 is 14.2 Å². The SMILES string of the molecule is CN=C(NCCOc1ccc(OC)cc1)NCc1ccc(CN2CCOCC2)cc1. The molecule has 162 valence electrons. The first-order chi connectivity index (χ1) is 14.8. The van der Waals surface area contributed by atoms with E-state index in [-0.39, 0.29) is 0 Å². The van der Waals surface area contributed by atoms with Gasteiger partial charge in [-0.2, -0.15) is 0 Å². The molecule has 0 amide bonds. The molecule has 1 aliphatic heterocycles. The van der Waals surface area contributed by atoms with Crippen LogP contribution in [0.2, 0.25) is 0 Å². The Morgan fingerprint density at radius 1 is 0.967 bits per heavy atom. The number of rotatable bonds is 9. The van der Waals surface area contributed by atoms with Crippen molar-refractivity contribution in [3.05, 3.63) is 59.7 Å². The summed E-state index contributed by atoms with van der Waals surface area (Å²) >= 11 is 0. The monoisotopic (exact) mass is 412 g/mol. The van der Waals surface area contributed by atoms with Gasteiger partial charge in [-0.1, -0.05) is 24.3 Å². The van der Waals surface area contributed by atoms with Gasteiger partial charge in [-0.25, -0.2) is 0 Å². The fraction of sp³-hybridized carbons (Fsp3) is 0.435. The predicted octanol–water partition coefficient (Wildman–Crippen LogP) is 2.27. The van der Waals surface area contributed by atoms with Crippen LogP contribution in [0.4, 0.5) is 0 Å². The molecule has 3 rings (SSSR count). The highest BCUT2D eigenvalue weighted by atomic mass is 16.5. The highest BCUT2D eigenvalue weighted by Crippen LogP contribution is 2.16. The molecule has 2 aromatic rings. The van der Waals surface area contributed by atoms with E-state index in [1.54, 1.807) is 14.2 Å². The van der Waals surface area contributed by atoms with Crippen LogP contribution in [0.15, 0.2) is 53.5 Å². The molecule has 0 saturated carbocycles. The Kier molecular flexibility index (Phi) is 8.80. The van der Waals surface area contributed by atoms with Crippen molar-refractivity contribution in [3.8, 4) is 11.5 Å². The van der Waals surface area contributed by atoms with Crippen molar-refractivity contribution in [1.29, 1.82) is 0 Å². The summed E-state index contributed by atoms with van der Waals surface area (Å²) in [6.45, 7) is 6.58. The van der Waals surface area contributed by atoms with Gasteiger partial charge in [0.25, 0.3) is 0 Å². The minimum atomic E-state index is 0.545. The third-order valence-corrected chi connectivity index (χ3v) is 4.94. The Labute approximate surface area is 179 Å². The standard InChI is InChI=1S/C23H32N4O3/c1-24-23(25-11-14-30-22-9-7-21(28-2)8-10-22)26-17-19-3-5-20(6-4-19)18-27-12-15-29-16-13-27/h3-10H,11-18H2,1-2H3,(H2,24,25,26). The number of guanidine groups is 1. The summed E-state index contributed by atoms with van der Waals surface area (Å²) in [5, 5.41) is 6.61. The lowest BCUT2D eigenvalue weighted by Gasteiger charge is -2.26. The number of nitrogens with zero attached hydrogens (tertiary/aromatic N) is 2. The summed E-state index contributed by atoms with van der Waals surface area (Å²) < 4.78 is 16.3. The van der Waals surface area contributed by atoms with Crippen LogP contribution in [0.1, 0.15) is 11.1 Å². The van der Waals surface area contributed by atoms with Gasteiger partial charge in [0.2, 0.25) is 0 Å². The first-order valence-electron chi connectivity index (χ1n) is 10.4. The number of morpholine rings is 1. The highest BCUT2D eigenvalue weighted by Gasteiger charge is 2.10. The number of benzene rings is 2. The quantitative estimate of drug-likeness (QED) is 0.374. The van der Waals surface area contributed by atoms with E-state index in [1.807, 2.05) is 24.3 Å². The summed E-state index contributed by atoms with van der Waals surface area (Å²) in [7, 11) is 3.42. The van der Waals surface area contributed by atoms with Gasteiger partial charge in [-0.3, -0.25) is 9.89 Å². The molecule has 0 spiro atoms. The first kappa shape index (κ1) is 21.9. The minimum Gasteiger partial charge on any atom is -0.497 e. The van der Waals surface area contributed by atoms with Gasteiger partial charge in [-0.15, -0.1) is 0 Å². The van der Waals surface area contributed by atoms with E-state index in [9.17, 15) is 0 Å². The second kappa shape index (κ2) is 12.0. The van der Waals surface area contributed by atoms with Crippen LogP contribution in [-0.2, 0) is 17.8 Å². The van der Waals surface area contributed by atoms with Crippen LogP contribution < -0.4 is 20.1 Å². The Morgan fingerprint density at radius 2 is 1.63 bits per heavy atom. The van der Waals surface area contributed by atoms with Crippen LogP contribution >= 0.6 is 0 Å². The van der Waals surface area contributed by atoms with Crippen molar-refractivity contribution in [2.45, 2.75) is 13.1 Å². The lowest BCUT2D eigenvalue weighted by molar-refractivity contribution is 0.0342. The molecule has 1 heterocycles. The van der Waals surface area contributed by atoms with Gasteiger partial charge >= 0.3 is 0 Å². The maximum atomic E-state index is 5.73. The topological polar surface area (TPSA) is 67.4 Å². The van der Waals surface area contributed by atoms with Crippen molar-refractivity contribution in [1.82, 2.24) is 15.5 Å².